The summed E-state index contributed by atoms with van der Waals surface area (Å²) < 4.78 is 0. The maximum Gasteiger partial charge on any atom is 0.161 e. The Balaban J connectivity index is 2.19. The Kier molecular flexibility index (Phi) is 3.91. The summed E-state index contributed by atoms with van der Waals surface area (Å²) in [6.45, 7) is 8.67. The van der Waals surface area contributed by atoms with Crippen molar-refractivity contribution in [2.24, 2.45) is 11.3 Å². The molecule has 0 saturated heterocycles. The minimum absolute atomic E-state index is 0.0527. The number of fused-ring (bicyclic) bond motifs is 3. The lowest BCUT2D eigenvalue weighted by Crippen LogP contribution is -2.50. The van der Waals surface area contributed by atoms with Crippen molar-refractivity contribution in [2.75, 3.05) is 6.61 Å². The molecule has 0 amide bonds. The Bertz CT molecular complexity index is 622. The summed E-state index contributed by atoms with van der Waals surface area (Å²) >= 11 is 0. The molecule has 1 saturated carbocycles. The van der Waals surface area contributed by atoms with Crippen LogP contribution in [0.5, 0.6) is 11.5 Å². The number of benzene rings is 1. The van der Waals surface area contributed by atoms with Crippen LogP contribution in [-0.4, -0.2) is 21.9 Å². The predicted molar refractivity (Wildman–Crippen MR) is 92.1 cm³/mol. The SMILES string of the molecule is CC(C)c1cc2c(c(O)c1O)[C@@]1(C)CCC[C@@](C)(CO)C1CC2. The van der Waals surface area contributed by atoms with Gasteiger partial charge in [-0.15, -0.1) is 0 Å². The van der Waals surface area contributed by atoms with Crippen molar-refractivity contribution in [1.82, 2.24) is 0 Å². The first-order chi connectivity index (χ1) is 10.7. The zero-order valence-corrected chi connectivity index (χ0v) is 14.8. The Morgan fingerprint density at radius 2 is 1.87 bits per heavy atom. The van der Waals surface area contributed by atoms with Crippen molar-refractivity contribution >= 4 is 0 Å². The highest BCUT2D eigenvalue weighted by atomic mass is 16.3. The number of phenolic OH excluding ortho intramolecular Hbond substituents is 2. The Labute approximate surface area is 139 Å². The monoisotopic (exact) mass is 318 g/mol. The fourth-order valence-corrected chi connectivity index (χ4v) is 5.44. The van der Waals surface area contributed by atoms with Gasteiger partial charge in [0.2, 0.25) is 0 Å². The normalized spacial score (nSPS) is 33.4. The van der Waals surface area contributed by atoms with E-state index < -0.39 is 0 Å². The average Bonchev–Trinajstić information content (AvgIpc) is 2.49. The third kappa shape index (κ3) is 2.27. The van der Waals surface area contributed by atoms with Crippen LogP contribution < -0.4 is 0 Å². The highest BCUT2D eigenvalue weighted by Crippen LogP contribution is 2.60. The van der Waals surface area contributed by atoms with Crippen molar-refractivity contribution in [2.45, 2.75) is 71.1 Å². The summed E-state index contributed by atoms with van der Waals surface area (Å²) in [5, 5.41) is 31.3. The molecule has 1 unspecified atom stereocenters. The topological polar surface area (TPSA) is 60.7 Å². The van der Waals surface area contributed by atoms with Crippen molar-refractivity contribution in [3.63, 3.8) is 0 Å². The number of hydrogen-bond donors (Lipinski definition) is 3. The summed E-state index contributed by atoms with van der Waals surface area (Å²) in [6, 6.07) is 2.10. The molecule has 3 atom stereocenters. The number of phenols is 2. The lowest BCUT2D eigenvalue weighted by atomic mass is 9.50. The smallest absolute Gasteiger partial charge is 0.161 e. The van der Waals surface area contributed by atoms with Gasteiger partial charge in [-0.25, -0.2) is 0 Å². The fourth-order valence-electron chi connectivity index (χ4n) is 5.44. The molecule has 1 fully saturated rings. The van der Waals surface area contributed by atoms with Gasteiger partial charge in [-0.2, -0.15) is 0 Å². The van der Waals surface area contributed by atoms with E-state index in [1.54, 1.807) is 0 Å². The summed E-state index contributed by atoms with van der Waals surface area (Å²) in [7, 11) is 0. The number of rotatable bonds is 2. The maximum atomic E-state index is 10.8. The molecule has 0 aromatic heterocycles. The highest BCUT2D eigenvalue weighted by molar-refractivity contribution is 5.59. The number of aryl methyl sites for hydroxylation is 1. The zero-order valence-electron chi connectivity index (χ0n) is 14.8. The van der Waals surface area contributed by atoms with E-state index in [-0.39, 0.29) is 34.9 Å². The van der Waals surface area contributed by atoms with Crippen molar-refractivity contribution in [3.05, 3.63) is 22.8 Å². The Morgan fingerprint density at radius 3 is 2.48 bits per heavy atom. The van der Waals surface area contributed by atoms with Gasteiger partial charge in [-0.1, -0.05) is 40.2 Å². The van der Waals surface area contributed by atoms with Gasteiger partial charge < -0.3 is 15.3 Å². The van der Waals surface area contributed by atoms with Crippen LogP contribution >= 0.6 is 0 Å². The van der Waals surface area contributed by atoms with E-state index in [1.807, 2.05) is 13.8 Å². The Morgan fingerprint density at radius 1 is 1.17 bits per heavy atom. The number of hydrogen-bond acceptors (Lipinski definition) is 3. The average molecular weight is 318 g/mol. The predicted octanol–water partition coefficient (Wildman–Crippen LogP) is 4.22. The molecule has 23 heavy (non-hydrogen) atoms. The van der Waals surface area contributed by atoms with Gasteiger partial charge in [0.05, 0.1) is 0 Å². The van der Waals surface area contributed by atoms with E-state index in [1.165, 1.54) is 5.56 Å². The molecule has 0 bridgehead atoms. The Hall–Kier alpha value is -1.22. The maximum absolute atomic E-state index is 10.8. The first-order valence-corrected chi connectivity index (χ1v) is 8.93. The van der Waals surface area contributed by atoms with Crippen LogP contribution in [0.3, 0.4) is 0 Å². The van der Waals surface area contributed by atoms with E-state index in [9.17, 15) is 15.3 Å². The molecule has 2 aliphatic rings. The van der Waals surface area contributed by atoms with Gasteiger partial charge in [0, 0.05) is 17.7 Å². The minimum atomic E-state index is -0.166. The minimum Gasteiger partial charge on any atom is -0.504 e. The van der Waals surface area contributed by atoms with Gasteiger partial charge in [0.15, 0.2) is 11.5 Å². The van der Waals surface area contributed by atoms with E-state index >= 15 is 0 Å². The molecule has 2 aliphatic carbocycles. The molecule has 0 spiro atoms. The van der Waals surface area contributed by atoms with Gasteiger partial charge in [0.1, 0.15) is 0 Å². The van der Waals surface area contributed by atoms with Gasteiger partial charge >= 0.3 is 0 Å². The van der Waals surface area contributed by atoms with E-state index in [0.29, 0.717) is 5.92 Å². The molecule has 3 N–H and O–H groups in total. The van der Waals surface area contributed by atoms with Crippen molar-refractivity contribution < 1.29 is 15.3 Å². The second kappa shape index (κ2) is 5.41. The summed E-state index contributed by atoms with van der Waals surface area (Å²) in [6.07, 6.45) is 5.06. The van der Waals surface area contributed by atoms with Crippen molar-refractivity contribution in [3.8, 4) is 11.5 Å². The summed E-state index contributed by atoms with van der Waals surface area (Å²) in [4.78, 5) is 0. The van der Waals surface area contributed by atoms with Crippen LogP contribution in [0.15, 0.2) is 6.07 Å². The molecule has 0 heterocycles. The zero-order chi connectivity index (χ0) is 17.0. The molecule has 1 aromatic carbocycles. The highest BCUT2D eigenvalue weighted by Gasteiger charge is 2.52. The van der Waals surface area contributed by atoms with Gasteiger partial charge in [-0.05, 0) is 53.9 Å². The molecule has 3 nitrogen and oxygen atoms in total. The number of aliphatic hydroxyl groups excluding tert-OH is 1. The molecule has 0 aliphatic heterocycles. The fraction of sp³-hybridized carbons (Fsp3) is 0.700. The molecule has 3 heteroatoms. The molecule has 128 valence electrons. The third-order valence-electron chi connectivity index (χ3n) is 6.70. The van der Waals surface area contributed by atoms with Gasteiger partial charge in [-0.3, -0.25) is 0 Å². The van der Waals surface area contributed by atoms with Crippen LogP contribution in [0.2, 0.25) is 0 Å². The number of aromatic hydroxyl groups is 2. The molecular weight excluding hydrogens is 288 g/mol. The first-order valence-electron chi connectivity index (χ1n) is 8.93. The summed E-state index contributed by atoms with van der Waals surface area (Å²) in [5.74, 6) is 0.666. The first kappa shape index (κ1) is 16.6. The largest absolute Gasteiger partial charge is 0.504 e. The second-order valence-corrected chi connectivity index (χ2v) is 8.53. The quantitative estimate of drug-likeness (QED) is 0.715. The van der Waals surface area contributed by atoms with Crippen LogP contribution in [0, 0.1) is 11.3 Å². The standard InChI is InChI=1S/C20H30O3/c1-12(2)14-10-13-6-7-15-19(3,11-21)8-5-9-20(15,4)16(13)18(23)17(14)22/h10,12,15,21-23H,5-9,11H2,1-4H3/t15?,19-,20-/m0/s1. The van der Waals surface area contributed by atoms with E-state index in [0.717, 1.165) is 43.2 Å². The second-order valence-electron chi connectivity index (χ2n) is 8.53. The number of aliphatic hydroxyl groups is 1. The van der Waals surface area contributed by atoms with Crippen LogP contribution in [0.25, 0.3) is 0 Å². The lowest BCUT2D eigenvalue weighted by molar-refractivity contribution is -0.0188. The molecule has 1 aromatic rings. The molecule has 3 rings (SSSR count). The van der Waals surface area contributed by atoms with E-state index in [4.69, 9.17) is 0 Å². The third-order valence-corrected chi connectivity index (χ3v) is 6.70. The van der Waals surface area contributed by atoms with Crippen LogP contribution in [0.4, 0.5) is 0 Å². The van der Waals surface area contributed by atoms with Crippen LogP contribution in [0.1, 0.15) is 76.0 Å². The van der Waals surface area contributed by atoms with Crippen LogP contribution in [-0.2, 0) is 11.8 Å². The summed E-state index contributed by atoms with van der Waals surface area (Å²) in [5.41, 5.74) is 2.70. The molecule has 0 radical (unpaired) electrons. The van der Waals surface area contributed by atoms with Gasteiger partial charge in [0.25, 0.3) is 0 Å². The lowest BCUT2D eigenvalue weighted by Gasteiger charge is -2.55. The van der Waals surface area contributed by atoms with E-state index in [2.05, 4.69) is 19.9 Å². The molecular formula is C20H30O3. The van der Waals surface area contributed by atoms with Crippen molar-refractivity contribution in [1.29, 1.82) is 0 Å².